The fourth-order valence-electron chi connectivity index (χ4n) is 2.65. The Morgan fingerprint density at radius 3 is 2.83 bits per heavy atom. The van der Waals surface area contributed by atoms with Gasteiger partial charge in [0, 0.05) is 5.57 Å². The fourth-order valence-corrected chi connectivity index (χ4v) is 2.65. The summed E-state index contributed by atoms with van der Waals surface area (Å²) in [4.78, 5) is 11.6. The van der Waals surface area contributed by atoms with E-state index in [4.69, 9.17) is 4.74 Å². The summed E-state index contributed by atoms with van der Waals surface area (Å²) in [5.74, 6) is -0.692. The lowest BCUT2D eigenvalue weighted by molar-refractivity contribution is -0.137. The smallest absolute Gasteiger partial charge is 0.334 e. The number of esters is 1. The molecule has 0 spiro atoms. The first-order chi connectivity index (χ1) is 8.49. The van der Waals surface area contributed by atoms with Gasteiger partial charge in [-0.3, -0.25) is 0 Å². The van der Waals surface area contributed by atoms with Crippen LogP contribution in [-0.4, -0.2) is 23.3 Å². The van der Waals surface area contributed by atoms with Gasteiger partial charge in [-0.25, -0.2) is 4.79 Å². The summed E-state index contributed by atoms with van der Waals surface area (Å²) in [6, 6.07) is 0. The van der Waals surface area contributed by atoms with E-state index in [2.05, 4.69) is 12.7 Å². The van der Waals surface area contributed by atoms with Crippen molar-refractivity contribution in [2.75, 3.05) is 0 Å². The Morgan fingerprint density at radius 2 is 2.11 bits per heavy atom. The first-order valence-electron chi connectivity index (χ1n) is 6.40. The molecule has 1 N–H and O–H groups in total. The lowest BCUT2D eigenvalue weighted by Gasteiger charge is -2.23. The summed E-state index contributed by atoms with van der Waals surface area (Å²) in [6.45, 7) is 7.81. The molecule has 1 heterocycles. The molecule has 2 aliphatic rings. The summed E-state index contributed by atoms with van der Waals surface area (Å²) < 4.78 is 5.29. The lowest BCUT2D eigenvalue weighted by atomic mass is 9.86. The van der Waals surface area contributed by atoms with E-state index in [-0.39, 0.29) is 18.0 Å². The Hall–Kier alpha value is -1.35. The molecule has 0 radical (unpaired) electrons. The molecule has 1 aliphatic carbocycles. The number of carbonyl (C=O) groups excluding carboxylic acids is 1. The van der Waals surface area contributed by atoms with E-state index in [9.17, 15) is 9.90 Å². The molecular formula is C15H20O3. The SMILES string of the molecule is C=C1C(=O)O[C@H]2/C=C(\C)CC/C=C(/C)C[C@H](O)[C@@H]12. The molecule has 0 unspecified atom stereocenters. The van der Waals surface area contributed by atoms with E-state index in [0.717, 1.165) is 18.4 Å². The normalized spacial score (nSPS) is 39.2. The molecule has 2 rings (SSSR count). The van der Waals surface area contributed by atoms with Gasteiger partial charge in [0.2, 0.25) is 0 Å². The zero-order chi connectivity index (χ0) is 13.3. The van der Waals surface area contributed by atoms with Gasteiger partial charge in [-0.05, 0) is 39.2 Å². The maximum atomic E-state index is 11.6. The second kappa shape index (κ2) is 5.11. The molecule has 3 nitrogen and oxygen atoms in total. The molecule has 0 aromatic rings. The van der Waals surface area contributed by atoms with Crippen LogP contribution in [0.5, 0.6) is 0 Å². The van der Waals surface area contributed by atoms with Crippen molar-refractivity contribution in [2.24, 2.45) is 5.92 Å². The summed E-state index contributed by atoms with van der Waals surface area (Å²) in [5, 5.41) is 10.3. The summed E-state index contributed by atoms with van der Waals surface area (Å²) in [6.07, 6.45) is 5.65. The van der Waals surface area contributed by atoms with Crippen LogP contribution < -0.4 is 0 Å². The van der Waals surface area contributed by atoms with Crippen molar-refractivity contribution < 1.29 is 14.6 Å². The van der Waals surface area contributed by atoms with E-state index in [1.807, 2.05) is 19.9 Å². The van der Waals surface area contributed by atoms with Crippen LogP contribution in [0.3, 0.4) is 0 Å². The summed E-state index contributed by atoms with van der Waals surface area (Å²) in [7, 11) is 0. The van der Waals surface area contributed by atoms with Crippen molar-refractivity contribution in [1.29, 1.82) is 0 Å². The number of ether oxygens (including phenoxy) is 1. The Labute approximate surface area is 108 Å². The predicted octanol–water partition coefficient (Wildman–Crippen LogP) is 2.52. The second-order valence-electron chi connectivity index (χ2n) is 5.29. The summed E-state index contributed by atoms with van der Waals surface area (Å²) >= 11 is 0. The van der Waals surface area contributed by atoms with Crippen LogP contribution in [0.15, 0.2) is 35.5 Å². The zero-order valence-corrected chi connectivity index (χ0v) is 11.0. The largest absolute Gasteiger partial charge is 0.454 e. The van der Waals surface area contributed by atoms with E-state index in [1.165, 1.54) is 5.57 Å². The third kappa shape index (κ3) is 2.56. The highest BCUT2D eigenvalue weighted by atomic mass is 16.6. The van der Waals surface area contributed by atoms with E-state index >= 15 is 0 Å². The number of rotatable bonds is 0. The topological polar surface area (TPSA) is 46.5 Å². The van der Waals surface area contributed by atoms with Crippen LogP contribution >= 0.6 is 0 Å². The second-order valence-corrected chi connectivity index (χ2v) is 5.29. The number of hydrogen-bond donors (Lipinski definition) is 1. The maximum absolute atomic E-state index is 11.6. The molecule has 0 aromatic heterocycles. The van der Waals surface area contributed by atoms with Crippen LogP contribution in [0, 0.1) is 5.92 Å². The van der Waals surface area contributed by atoms with Gasteiger partial charge in [-0.15, -0.1) is 0 Å². The van der Waals surface area contributed by atoms with Crippen molar-refractivity contribution in [3.63, 3.8) is 0 Å². The van der Waals surface area contributed by atoms with Gasteiger partial charge in [-0.2, -0.15) is 0 Å². The Morgan fingerprint density at radius 1 is 1.39 bits per heavy atom. The summed E-state index contributed by atoms with van der Waals surface area (Å²) in [5.41, 5.74) is 2.73. The molecule has 1 fully saturated rings. The number of aliphatic hydroxyl groups excluding tert-OH is 1. The molecule has 3 atom stereocenters. The van der Waals surface area contributed by atoms with Crippen LogP contribution in [0.25, 0.3) is 0 Å². The Balaban J connectivity index is 2.33. The molecule has 3 heteroatoms. The highest BCUT2D eigenvalue weighted by molar-refractivity contribution is 5.91. The third-order valence-corrected chi connectivity index (χ3v) is 3.69. The van der Waals surface area contributed by atoms with Crippen molar-refractivity contribution in [1.82, 2.24) is 0 Å². The first-order valence-corrected chi connectivity index (χ1v) is 6.40. The highest BCUT2D eigenvalue weighted by Gasteiger charge is 2.41. The van der Waals surface area contributed by atoms with Gasteiger partial charge in [0.1, 0.15) is 6.10 Å². The van der Waals surface area contributed by atoms with Gasteiger partial charge in [0.25, 0.3) is 0 Å². The van der Waals surface area contributed by atoms with Gasteiger partial charge < -0.3 is 9.84 Å². The predicted molar refractivity (Wildman–Crippen MR) is 69.9 cm³/mol. The Bertz CT molecular complexity index is 431. The van der Waals surface area contributed by atoms with Gasteiger partial charge in [-0.1, -0.05) is 23.8 Å². The number of carbonyl (C=O) groups is 1. The quantitative estimate of drug-likeness (QED) is 0.407. The first kappa shape index (κ1) is 13.1. The van der Waals surface area contributed by atoms with Crippen molar-refractivity contribution in [3.05, 3.63) is 35.5 Å². The average molecular weight is 248 g/mol. The van der Waals surface area contributed by atoms with Crippen molar-refractivity contribution in [3.8, 4) is 0 Å². The van der Waals surface area contributed by atoms with E-state index < -0.39 is 6.10 Å². The molecule has 1 saturated heterocycles. The minimum absolute atomic E-state index is 0.311. The average Bonchev–Trinajstić information content (AvgIpc) is 2.53. The molecule has 0 bridgehead atoms. The van der Waals surface area contributed by atoms with Gasteiger partial charge in [0.15, 0.2) is 0 Å². The van der Waals surface area contributed by atoms with Crippen LogP contribution in [-0.2, 0) is 9.53 Å². The zero-order valence-electron chi connectivity index (χ0n) is 11.0. The third-order valence-electron chi connectivity index (χ3n) is 3.69. The Kier molecular flexibility index (Phi) is 3.71. The van der Waals surface area contributed by atoms with Gasteiger partial charge >= 0.3 is 5.97 Å². The van der Waals surface area contributed by atoms with Crippen molar-refractivity contribution in [2.45, 2.75) is 45.3 Å². The fraction of sp³-hybridized carbons (Fsp3) is 0.533. The standard InChI is InChI=1S/C15H20O3/c1-9-5-4-6-10(2)8-13-14(12(16)7-9)11(3)15(17)18-13/h5,8,12-14,16H,3-4,6-7H2,1-2H3/b9-5-,10-8+/t12-,13-,14+/m0/s1. The lowest BCUT2D eigenvalue weighted by Crippen LogP contribution is -2.28. The number of fused-ring (bicyclic) bond motifs is 1. The van der Waals surface area contributed by atoms with Crippen LogP contribution in [0.1, 0.15) is 33.1 Å². The number of allylic oxidation sites excluding steroid dienone is 2. The highest BCUT2D eigenvalue weighted by Crippen LogP contribution is 2.34. The van der Waals surface area contributed by atoms with Crippen molar-refractivity contribution >= 4 is 5.97 Å². The van der Waals surface area contributed by atoms with Crippen LogP contribution in [0.2, 0.25) is 0 Å². The maximum Gasteiger partial charge on any atom is 0.334 e. The van der Waals surface area contributed by atoms with Crippen LogP contribution in [0.4, 0.5) is 0 Å². The molecule has 18 heavy (non-hydrogen) atoms. The van der Waals surface area contributed by atoms with E-state index in [1.54, 1.807) is 0 Å². The minimum atomic E-state index is -0.604. The monoisotopic (exact) mass is 248 g/mol. The molecule has 0 saturated carbocycles. The molecule has 98 valence electrons. The molecule has 0 amide bonds. The molecule has 1 aliphatic heterocycles. The number of hydrogen-bond acceptors (Lipinski definition) is 3. The van der Waals surface area contributed by atoms with Gasteiger partial charge in [0.05, 0.1) is 12.0 Å². The molecule has 0 aromatic carbocycles. The molecular weight excluding hydrogens is 228 g/mol. The van der Waals surface area contributed by atoms with E-state index in [0.29, 0.717) is 12.0 Å². The number of aliphatic hydroxyl groups is 1. The minimum Gasteiger partial charge on any atom is -0.454 e.